The molecule has 0 spiro atoms. The van der Waals surface area contributed by atoms with E-state index in [1.807, 2.05) is 0 Å². The Labute approximate surface area is 119 Å². The van der Waals surface area contributed by atoms with E-state index in [1.165, 1.54) is 12.1 Å². The molecule has 5 nitrogen and oxygen atoms in total. The Morgan fingerprint density at radius 1 is 1.40 bits per heavy atom. The average Bonchev–Trinajstić information content (AvgIpc) is 3.27. The van der Waals surface area contributed by atoms with Crippen molar-refractivity contribution in [1.82, 2.24) is 4.72 Å². The first kappa shape index (κ1) is 15.2. The van der Waals surface area contributed by atoms with E-state index in [0.29, 0.717) is 25.1 Å². The molecule has 110 valence electrons. The van der Waals surface area contributed by atoms with Gasteiger partial charge in [-0.3, -0.25) is 4.79 Å². The van der Waals surface area contributed by atoms with Gasteiger partial charge in [-0.25, -0.2) is 13.1 Å². The Morgan fingerprint density at radius 3 is 2.80 bits per heavy atom. The minimum atomic E-state index is -3.56. The van der Waals surface area contributed by atoms with Crippen LogP contribution in [0.2, 0.25) is 0 Å². The molecule has 1 N–H and O–H groups in total. The molecule has 1 aromatic carbocycles. The van der Waals surface area contributed by atoms with Crippen molar-refractivity contribution < 1.29 is 17.9 Å². The number of hydrogen-bond donors (Lipinski definition) is 1. The molecule has 1 saturated carbocycles. The van der Waals surface area contributed by atoms with Crippen LogP contribution in [0, 0.1) is 5.92 Å². The standard InChI is InChI=1S/C14H19NO4S/c1-19-9-3-8-15-20(17,18)13-5-2-4-12(10-13)14(16)11-6-7-11/h2,4-5,10-11,15H,3,6-9H2,1H3. The third-order valence-corrected chi connectivity index (χ3v) is 4.65. The van der Waals surface area contributed by atoms with Crippen molar-refractivity contribution in [2.24, 2.45) is 5.92 Å². The highest BCUT2D eigenvalue weighted by molar-refractivity contribution is 7.89. The maximum absolute atomic E-state index is 12.1. The number of methoxy groups -OCH3 is 1. The van der Waals surface area contributed by atoms with Crippen LogP contribution in [0.4, 0.5) is 0 Å². The summed E-state index contributed by atoms with van der Waals surface area (Å²) in [6, 6.07) is 6.24. The topological polar surface area (TPSA) is 72.5 Å². The van der Waals surface area contributed by atoms with Crippen LogP contribution in [0.5, 0.6) is 0 Å². The molecule has 1 aliphatic carbocycles. The smallest absolute Gasteiger partial charge is 0.240 e. The quantitative estimate of drug-likeness (QED) is 0.584. The highest BCUT2D eigenvalue weighted by atomic mass is 32.2. The van der Waals surface area contributed by atoms with Gasteiger partial charge in [0.05, 0.1) is 4.90 Å². The van der Waals surface area contributed by atoms with Crippen LogP contribution in [0.25, 0.3) is 0 Å². The fraction of sp³-hybridized carbons (Fsp3) is 0.500. The predicted octanol–water partition coefficient (Wildman–Crippen LogP) is 1.59. The van der Waals surface area contributed by atoms with Crippen LogP contribution in [-0.2, 0) is 14.8 Å². The van der Waals surface area contributed by atoms with Crippen molar-refractivity contribution in [2.45, 2.75) is 24.2 Å². The molecule has 1 fully saturated rings. The minimum Gasteiger partial charge on any atom is -0.385 e. The van der Waals surface area contributed by atoms with Gasteiger partial charge >= 0.3 is 0 Å². The fourth-order valence-electron chi connectivity index (χ4n) is 1.90. The molecule has 0 heterocycles. The number of carbonyl (C=O) groups excluding carboxylic acids is 1. The molecule has 1 aromatic rings. The summed E-state index contributed by atoms with van der Waals surface area (Å²) in [7, 11) is -1.99. The molecule has 0 atom stereocenters. The molecule has 6 heteroatoms. The zero-order valence-electron chi connectivity index (χ0n) is 11.5. The van der Waals surface area contributed by atoms with Gasteiger partial charge in [0, 0.05) is 31.7 Å². The van der Waals surface area contributed by atoms with Crippen LogP contribution < -0.4 is 4.72 Å². The van der Waals surface area contributed by atoms with Gasteiger partial charge in [-0.2, -0.15) is 0 Å². The highest BCUT2D eigenvalue weighted by Gasteiger charge is 2.30. The van der Waals surface area contributed by atoms with Gasteiger partial charge in [0.15, 0.2) is 5.78 Å². The van der Waals surface area contributed by atoms with Crippen molar-refractivity contribution in [3.63, 3.8) is 0 Å². The van der Waals surface area contributed by atoms with E-state index in [4.69, 9.17) is 4.74 Å². The van der Waals surface area contributed by atoms with E-state index in [2.05, 4.69) is 4.72 Å². The number of Topliss-reactive ketones (excluding diaryl/α,β-unsaturated/α-hetero) is 1. The van der Waals surface area contributed by atoms with E-state index in [0.717, 1.165) is 12.8 Å². The predicted molar refractivity (Wildman–Crippen MR) is 75.2 cm³/mol. The largest absolute Gasteiger partial charge is 0.385 e. The number of ether oxygens (including phenoxy) is 1. The second-order valence-electron chi connectivity index (χ2n) is 4.91. The lowest BCUT2D eigenvalue weighted by Gasteiger charge is -2.08. The molecule has 0 amide bonds. The monoisotopic (exact) mass is 297 g/mol. The Hall–Kier alpha value is -1.24. The van der Waals surface area contributed by atoms with Gasteiger partial charge in [0.2, 0.25) is 10.0 Å². The molecular weight excluding hydrogens is 278 g/mol. The summed E-state index contributed by atoms with van der Waals surface area (Å²) in [5.41, 5.74) is 0.479. The van der Waals surface area contributed by atoms with E-state index in [-0.39, 0.29) is 16.6 Å². The summed E-state index contributed by atoms with van der Waals surface area (Å²) in [5.74, 6) is 0.129. The fourth-order valence-corrected chi connectivity index (χ4v) is 3.02. The van der Waals surface area contributed by atoms with Crippen molar-refractivity contribution in [1.29, 1.82) is 0 Å². The molecule has 0 aromatic heterocycles. The van der Waals surface area contributed by atoms with Crippen LogP contribution in [0.1, 0.15) is 29.6 Å². The number of carbonyl (C=O) groups is 1. The molecule has 20 heavy (non-hydrogen) atoms. The molecule has 0 unspecified atom stereocenters. The van der Waals surface area contributed by atoms with Gasteiger partial charge in [-0.1, -0.05) is 12.1 Å². The van der Waals surface area contributed by atoms with E-state index in [1.54, 1.807) is 19.2 Å². The molecule has 0 saturated heterocycles. The van der Waals surface area contributed by atoms with Crippen LogP contribution in [0.15, 0.2) is 29.2 Å². The van der Waals surface area contributed by atoms with Gasteiger partial charge < -0.3 is 4.74 Å². The lowest BCUT2D eigenvalue weighted by atomic mass is 10.1. The summed E-state index contributed by atoms with van der Waals surface area (Å²) in [6.07, 6.45) is 2.42. The summed E-state index contributed by atoms with van der Waals surface area (Å²) in [6.45, 7) is 0.819. The zero-order valence-corrected chi connectivity index (χ0v) is 12.3. The third kappa shape index (κ3) is 3.88. The van der Waals surface area contributed by atoms with Gasteiger partial charge in [0.25, 0.3) is 0 Å². The zero-order chi connectivity index (χ0) is 14.6. The van der Waals surface area contributed by atoms with Crippen LogP contribution in [-0.4, -0.2) is 34.5 Å². The van der Waals surface area contributed by atoms with Crippen molar-refractivity contribution in [3.05, 3.63) is 29.8 Å². The Morgan fingerprint density at radius 2 is 2.15 bits per heavy atom. The molecule has 0 radical (unpaired) electrons. The van der Waals surface area contributed by atoms with Crippen LogP contribution in [0.3, 0.4) is 0 Å². The maximum Gasteiger partial charge on any atom is 0.240 e. The molecule has 0 aliphatic heterocycles. The maximum atomic E-state index is 12.1. The normalized spacial score (nSPS) is 15.2. The van der Waals surface area contributed by atoms with Gasteiger partial charge in [0.1, 0.15) is 0 Å². The number of nitrogens with one attached hydrogen (secondary N) is 1. The lowest BCUT2D eigenvalue weighted by Crippen LogP contribution is -2.25. The highest BCUT2D eigenvalue weighted by Crippen LogP contribution is 2.32. The van der Waals surface area contributed by atoms with Crippen molar-refractivity contribution in [2.75, 3.05) is 20.3 Å². The van der Waals surface area contributed by atoms with Gasteiger partial charge in [-0.15, -0.1) is 0 Å². The first-order valence-electron chi connectivity index (χ1n) is 6.67. The summed E-state index contributed by atoms with van der Waals surface area (Å²) < 4.78 is 31.6. The second kappa shape index (κ2) is 6.47. The van der Waals surface area contributed by atoms with Crippen LogP contribution >= 0.6 is 0 Å². The minimum absolute atomic E-state index is 0.0430. The number of ketones is 1. The lowest BCUT2D eigenvalue weighted by molar-refractivity contribution is 0.0967. The second-order valence-corrected chi connectivity index (χ2v) is 6.68. The van der Waals surface area contributed by atoms with E-state index in [9.17, 15) is 13.2 Å². The van der Waals surface area contributed by atoms with Crippen molar-refractivity contribution in [3.8, 4) is 0 Å². The summed E-state index contributed by atoms with van der Waals surface area (Å²) in [4.78, 5) is 12.1. The number of sulfonamides is 1. The van der Waals surface area contributed by atoms with E-state index < -0.39 is 10.0 Å². The van der Waals surface area contributed by atoms with E-state index >= 15 is 0 Å². The molecule has 2 rings (SSSR count). The molecule has 0 bridgehead atoms. The third-order valence-electron chi connectivity index (χ3n) is 3.19. The molecule has 1 aliphatic rings. The van der Waals surface area contributed by atoms with Crippen molar-refractivity contribution >= 4 is 15.8 Å². The number of hydrogen-bond acceptors (Lipinski definition) is 4. The number of rotatable bonds is 8. The Kier molecular flexibility index (Phi) is 4.91. The number of benzene rings is 1. The Balaban J connectivity index is 2.07. The summed E-state index contributed by atoms with van der Waals surface area (Å²) >= 11 is 0. The van der Waals surface area contributed by atoms with Gasteiger partial charge in [-0.05, 0) is 31.4 Å². The molecular formula is C14H19NO4S. The SMILES string of the molecule is COCCCNS(=O)(=O)c1cccc(C(=O)C2CC2)c1. The summed E-state index contributed by atoms with van der Waals surface area (Å²) in [5, 5.41) is 0. The average molecular weight is 297 g/mol. The first-order valence-corrected chi connectivity index (χ1v) is 8.16. The first-order chi connectivity index (χ1) is 9.54. The Bertz CT molecular complexity index is 579.